The summed E-state index contributed by atoms with van der Waals surface area (Å²) in [7, 11) is 1.93. The highest BCUT2D eigenvalue weighted by Crippen LogP contribution is 2.27. The summed E-state index contributed by atoms with van der Waals surface area (Å²) in [6.07, 6.45) is 7.87. The fourth-order valence-electron chi connectivity index (χ4n) is 3.71. The molecule has 1 aliphatic heterocycles. The Bertz CT molecular complexity index is 1130. The Hall–Kier alpha value is -3.19. The summed E-state index contributed by atoms with van der Waals surface area (Å²) >= 11 is 0. The molecule has 7 heteroatoms. The van der Waals surface area contributed by atoms with Crippen LogP contribution in [0.4, 0.5) is 5.82 Å². The zero-order chi connectivity index (χ0) is 19.1. The number of aryl methyl sites for hydroxylation is 1. The lowest BCUT2D eigenvalue weighted by molar-refractivity contribution is 0.0529. The van der Waals surface area contributed by atoms with E-state index < -0.39 is 0 Å². The third-order valence-electron chi connectivity index (χ3n) is 5.15. The number of anilines is 1. The monoisotopic (exact) mass is 374 g/mol. The summed E-state index contributed by atoms with van der Waals surface area (Å²) in [5, 5.41) is 10.0. The molecule has 4 heterocycles. The topological polar surface area (TPSA) is 61.0 Å². The van der Waals surface area contributed by atoms with Crippen LogP contribution < -0.4 is 4.90 Å². The second-order valence-corrected chi connectivity index (χ2v) is 7.23. The molecule has 142 valence electrons. The van der Waals surface area contributed by atoms with E-state index in [1.807, 2.05) is 47.3 Å². The number of aromatic nitrogens is 5. The number of hydrogen-bond acceptors (Lipinski definition) is 5. The van der Waals surface area contributed by atoms with Gasteiger partial charge in [-0.2, -0.15) is 10.2 Å². The molecule has 3 aromatic heterocycles. The summed E-state index contributed by atoms with van der Waals surface area (Å²) in [6, 6.07) is 10.5. The second-order valence-electron chi connectivity index (χ2n) is 7.23. The lowest BCUT2D eigenvalue weighted by atomic mass is 10.1. The fraction of sp³-hybridized carbons (Fsp3) is 0.286. The highest BCUT2D eigenvalue weighted by atomic mass is 16.5. The van der Waals surface area contributed by atoms with E-state index >= 15 is 0 Å². The van der Waals surface area contributed by atoms with Crippen LogP contribution in [0.2, 0.25) is 0 Å². The molecular weight excluding hydrogens is 352 g/mol. The summed E-state index contributed by atoms with van der Waals surface area (Å²) in [6.45, 7) is 4.52. The smallest absolute Gasteiger partial charge is 0.130 e. The van der Waals surface area contributed by atoms with Gasteiger partial charge >= 0.3 is 0 Å². The largest absolute Gasteiger partial charge is 0.375 e. The van der Waals surface area contributed by atoms with Crippen molar-refractivity contribution in [1.82, 2.24) is 24.5 Å². The van der Waals surface area contributed by atoms with Gasteiger partial charge in [-0.05, 0) is 24.6 Å². The SMILES string of the molecule is CC1CN(c2cc(-n3ncc4ccc(-c5cnn(C)c5)cc43)ccn2)CCO1. The lowest BCUT2D eigenvalue weighted by Gasteiger charge is -2.32. The molecule has 1 fully saturated rings. The second kappa shape index (κ2) is 6.76. The van der Waals surface area contributed by atoms with E-state index in [4.69, 9.17) is 4.74 Å². The van der Waals surface area contributed by atoms with E-state index in [9.17, 15) is 0 Å². The van der Waals surface area contributed by atoms with E-state index in [0.29, 0.717) is 0 Å². The number of fused-ring (bicyclic) bond motifs is 1. The third kappa shape index (κ3) is 3.03. The zero-order valence-electron chi connectivity index (χ0n) is 16.0. The summed E-state index contributed by atoms with van der Waals surface area (Å²) in [4.78, 5) is 6.84. The Kier molecular flexibility index (Phi) is 4.09. The third-order valence-corrected chi connectivity index (χ3v) is 5.15. The van der Waals surface area contributed by atoms with Gasteiger partial charge in [0.1, 0.15) is 5.82 Å². The maximum atomic E-state index is 5.65. The Morgan fingerprint density at radius 1 is 1.07 bits per heavy atom. The molecule has 7 nitrogen and oxygen atoms in total. The molecule has 1 saturated heterocycles. The molecule has 5 rings (SSSR count). The van der Waals surface area contributed by atoms with Crippen molar-refractivity contribution in [2.45, 2.75) is 13.0 Å². The van der Waals surface area contributed by atoms with Gasteiger partial charge in [0.2, 0.25) is 0 Å². The first kappa shape index (κ1) is 16.9. The Balaban J connectivity index is 1.55. The van der Waals surface area contributed by atoms with Crippen molar-refractivity contribution in [2.24, 2.45) is 7.05 Å². The van der Waals surface area contributed by atoms with Crippen LogP contribution in [0, 0.1) is 0 Å². The van der Waals surface area contributed by atoms with Gasteiger partial charge in [0.15, 0.2) is 0 Å². The molecule has 0 saturated carbocycles. The Labute approximate surface area is 163 Å². The minimum atomic E-state index is 0.215. The average molecular weight is 374 g/mol. The van der Waals surface area contributed by atoms with Crippen LogP contribution in [0.5, 0.6) is 0 Å². The number of hydrogen-bond donors (Lipinski definition) is 0. The summed E-state index contributed by atoms with van der Waals surface area (Å²) in [5.41, 5.74) is 4.28. The van der Waals surface area contributed by atoms with Crippen LogP contribution >= 0.6 is 0 Å². The predicted octanol–water partition coefficient (Wildman–Crippen LogP) is 3.05. The van der Waals surface area contributed by atoms with E-state index in [2.05, 4.69) is 51.3 Å². The van der Waals surface area contributed by atoms with Crippen LogP contribution in [-0.4, -0.2) is 50.3 Å². The van der Waals surface area contributed by atoms with E-state index in [-0.39, 0.29) is 6.10 Å². The number of benzene rings is 1. The van der Waals surface area contributed by atoms with E-state index in [1.165, 1.54) is 0 Å². The first-order valence-corrected chi connectivity index (χ1v) is 9.47. The van der Waals surface area contributed by atoms with Crippen LogP contribution in [0.15, 0.2) is 55.1 Å². The molecule has 1 aliphatic rings. The highest BCUT2D eigenvalue weighted by Gasteiger charge is 2.18. The molecule has 1 aromatic carbocycles. The molecule has 1 unspecified atom stereocenters. The van der Waals surface area contributed by atoms with Gasteiger partial charge in [0.25, 0.3) is 0 Å². The minimum Gasteiger partial charge on any atom is -0.375 e. The molecule has 4 aromatic rings. The van der Waals surface area contributed by atoms with Crippen molar-refractivity contribution in [3.8, 4) is 16.8 Å². The van der Waals surface area contributed by atoms with Gasteiger partial charge in [-0.25, -0.2) is 9.67 Å². The summed E-state index contributed by atoms with van der Waals surface area (Å²) in [5.74, 6) is 0.958. The Morgan fingerprint density at radius 3 is 2.82 bits per heavy atom. The molecule has 0 radical (unpaired) electrons. The van der Waals surface area contributed by atoms with Gasteiger partial charge in [-0.1, -0.05) is 12.1 Å². The molecule has 0 amide bonds. The minimum absolute atomic E-state index is 0.215. The van der Waals surface area contributed by atoms with Crippen LogP contribution in [-0.2, 0) is 11.8 Å². The zero-order valence-corrected chi connectivity index (χ0v) is 16.0. The Morgan fingerprint density at radius 2 is 2.00 bits per heavy atom. The number of pyridine rings is 1. The van der Waals surface area contributed by atoms with Gasteiger partial charge in [-0.3, -0.25) is 4.68 Å². The van der Waals surface area contributed by atoms with Gasteiger partial charge < -0.3 is 9.64 Å². The number of rotatable bonds is 3. The van der Waals surface area contributed by atoms with Crippen molar-refractivity contribution in [3.05, 3.63) is 55.1 Å². The fourth-order valence-corrected chi connectivity index (χ4v) is 3.71. The molecule has 28 heavy (non-hydrogen) atoms. The first-order chi connectivity index (χ1) is 13.7. The standard InChI is InChI=1S/C21H22N6O/c1-15-13-26(7-8-28-15)21-10-19(5-6-22-21)27-20-9-16(3-4-17(20)11-24-27)18-12-23-25(2)14-18/h3-6,9-12,14-15H,7-8,13H2,1-2H3. The molecule has 0 N–H and O–H groups in total. The van der Waals surface area contributed by atoms with Crippen LogP contribution in [0.3, 0.4) is 0 Å². The molecule has 0 aliphatic carbocycles. The average Bonchev–Trinajstić information content (AvgIpc) is 3.34. The van der Waals surface area contributed by atoms with Crippen molar-refractivity contribution in [1.29, 1.82) is 0 Å². The highest BCUT2D eigenvalue weighted by molar-refractivity contribution is 5.85. The summed E-state index contributed by atoms with van der Waals surface area (Å²) < 4.78 is 9.44. The van der Waals surface area contributed by atoms with Crippen LogP contribution in [0.25, 0.3) is 27.7 Å². The maximum Gasteiger partial charge on any atom is 0.130 e. The van der Waals surface area contributed by atoms with Crippen molar-refractivity contribution >= 4 is 16.7 Å². The molecular formula is C21H22N6O. The van der Waals surface area contributed by atoms with Gasteiger partial charge in [0, 0.05) is 49.5 Å². The first-order valence-electron chi connectivity index (χ1n) is 9.47. The molecule has 0 bridgehead atoms. The van der Waals surface area contributed by atoms with Crippen molar-refractivity contribution in [3.63, 3.8) is 0 Å². The van der Waals surface area contributed by atoms with Gasteiger partial charge in [0.05, 0.1) is 36.3 Å². The van der Waals surface area contributed by atoms with Crippen LogP contribution in [0.1, 0.15) is 6.92 Å². The molecule has 1 atom stereocenters. The quantitative estimate of drug-likeness (QED) is 0.552. The number of morpholine rings is 1. The molecule has 0 spiro atoms. The number of ether oxygens (including phenoxy) is 1. The normalized spacial score (nSPS) is 17.4. The lowest BCUT2D eigenvalue weighted by Crippen LogP contribution is -2.41. The van der Waals surface area contributed by atoms with Crippen molar-refractivity contribution in [2.75, 3.05) is 24.6 Å². The maximum absolute atomic E-state index is 5.65. The van der Waals surface area contributed by atoms with Gasteiger partial charge in [-0.15, -0.1) is 0 Å². The van der Waals surface area contributed by atoms with E-state index in [1.54, 1.807) is 0 Å². The predicted molar refractivity (Wildman–Crippen MR) is 109 cm³/mol. The number of nitrogens with zero attached hydrogens (tertiary/aromatic N) is 6. The van der Waals surface area contributed by atoms with Crippen molar-refractivity contribution < 1.29 is 4.74 Å². The van der Waals surface area contributed by atoms with E-state index in [0.717, 1.165) is 53.2 Å².